The molecule has 0 aromatic heterocycles. The van der Waals surface area contributed by atoms with E-state index in [9.17, 15) is 14.4 Å². The summed E-state index contributed by atoms with van der Waals surface area (Å²) >= 11 is 6.07. The lowest BCUT2D eigenvalue weighted by molar-refractivity contribution is -0.114. The minimum atomic E-state index is -0.553. The molecule has 0 heterocycles. The van der Waals surface area contributed by atoms with Crippen LogP contribution in [0.25, 0.3) is 0 Å². The predicted octanol–water partition coefficient (Wildman–Crippen LogP) is 2.96. The molecule has 0 aliphatic carbocycles. The highest BCUT2D eigenvalue weighted by Crippen LogP contribution is 2.23. The number of hydrogen-bond donors (Lipinski definition) is 2. The molecule has 2 N–H and O–H groups in total. The molecule has 0 aliphatic heterocycles. The van der Waals surface area contributed by atoms with Crippen molar-refractivity contribution >= 4 is 40.8 Å². The third kappa shape index (κ3) is 4.73. The van der Waals surface area contributed by atoms with E-state index in [-0.39, 0.29) is 12.1 Å². The van der Waals surface area contributed by atoms with E-state index in [0.717, 1.165) is 0 Å². The monoisotopic (exact) mass is 376 g/mol. The largest absolute Gasteiger partial charge is 0.465 e. The Balaban J connectivity index is 2.06. The van der Waals surface area contributed by atoms with Gasteiger partial charge < -0.3 is 20.1 Å². The Morgan fingerprint density at radius 3 is 2.35 bits per heavy atom. The van der Waals surface area contributed by atoms with E-state index in [2.05, 4.69) is 20.1 Å². The molecular formula is C18H17ClN2O5. The zero-order valence-corrected chi connectivity index (χ0v) is 14.9. The van der Waals surface area contributed by atoms with Gasteiger partial charge in [-0.05, 0) is 30.3 Å². The van der Waals surface area contributed by atoms with Crippen molar-refractivity contribution in [2.45, 2.75) is 0 Å². The number of halogens is 1. The highest BCUT2D eigenvalue weighted by molar-refractivity contribution is 6.33. The topological polar surface area (TPSA) is 93.7 Å². The number of esters is 2. The molecule has 1 amide bonds. The van der Waals surface area contributed by atoms with Crippen LogP contribution in [0.2, 0.25) is 5.02 Å². The van der Waals surface area contributed by atoms with Crippen LogP contribution in [-0.2, 0) is 14.3 Å². The Hall–Kier alpha value is -3.06. The number of rotatable bonds is 6. The van der Waals surface area contributed by atoms with Crippen LogP contribution in [0.4, 0.5) is 11.4 Å². The molecule has 0 unspecified atom stereocenters. The summed E-state index contributed by atoms with van der Waals surface area (Å²) in [7, 11) is 2.54. The van der Waals surface area contributed by atoms with Gasteiger partial charge in [0.25, 0.3) is 0 Å². The number of benzene rings is 2. The molecule has 0 aliphatic rings. The van der Waals surface area contributed by atoms with Crippen LogP contribution in [0.1, 0.15) is 20.7 Å². The van der Waals surface area contributed by atoms with Gasteiger partial charge in [-0.1, -0.05) is 23.7 Å². The second kappa shape index (κ2) is 8.87. The van der Waals surface area contributed by atoms with Crippen LogP contribution in [-0.4, -0.2) is 38.6 Å². The summed E-state index contributed by atoms with van der Waals surface area (Å²) in [6, 6.07) is 11.0. The van der Waals surface area contributed by atoms with Crippen LogP contribution < -0.4 is 10.6 Å². The molecule has 7 nitrogen and oxygen atoms in total. The second-order valence-corrected chi connectivity index (χ2v) is 5.53. The van der Waals surface area contributed by atoms with Crippen LogP contribution in [0.5, 0.6) is 0 Å². The quantitative estimate of drug-likeness (QED) is 0.753. The first-order chi connectivity index (χ1) is 12.5. The fraction of sp³-hybridized carbons (Fsp3) is 0.167. The fourth-order valence-corrected chi connectivity index (χ4v) is 2.34. The molecule has 136 valence electrons. The molecule has 2 aromatic rings. The first kappa shape index (κ1) is 19.3. The number of para-hydroxylation sites is 1. The van der Waals surface area contributed by atoms with E-state index < -0.39 is 17.8 Å². The van der Waals surface area contributed by atoms with Crippen LogP contribution in [0, 0.1) is 0 Å². The smallest absolute Gasteiger partial charge is 0.339 e. The van der Waals surface area contributed by atoms with Gasteiger partial charge >= 0.3 is 11.9 Å². The second-order valence-electron chi connectivity index (χ2n) is 5.13. The zero-order chi connectivity index (χ0) is 19.1. The maximum atomic E-state index is 12.2. The summed E-state index contributed by atoms with van der Waals surface area (Å²) in [5.74, 6) is -1.47. The van der Waals surface area contributed by atoms with E-state index in [1.165, 1.54) is 32.4 Å². The molecule has 26 heavy (non-hydrogen) atoms. The van der Waals surface area contributed by atoms with Crippen molar-refractivity contribution in [2.24, 2.45) is 0 Å². The maximum Gasteiger partial charge on any atom is 0.339 e. The molecule has 0 saturated carbocycles. The van der Waals surface area contributed by atoms with Gasteiger partial charge in [-0.25, -0.2) is 9.59 Å². The van der Waals surface area contributed by atoms with Crippen molar-refractivity contribution in [3.8, 4) is 0 Å². The first-order valence-electron chi connectivity index (χ1n) is 7.55. The van der Waals surface area contributed by atoms with Gasteiger partial charge in [-0.3, -0.25) is 4.79 Å². The highest BCUT2D eigenvalue weighted by atomic mass is 35.5. The summed E-state index contributed by atoms with van der Waals surface area (Å²) in [4.78, 5) is 35.5. The number of amides is 1. The summed E-state index contributed by atoms with van der Waals surface area (Å²) in [6.07, 6.45) is 0. The van der Waals surface area contributed by atoms with Crippen molar-refractivity contribution in [3.05, 3.63) is 58.6 Å². The Kier molecular flexibility index (Phi) is 6.57. The van der Waals surface area contributed by atoms with Crippen LogP contribution >= 0.6 is 11.6 Å². The number of nitrogens with one attached hydrogen (secondary N) is 2. The van der Waals surface area contributed by atoms with E-state index in [1.54, 1.807) is 24.3 Å². The molecule has 2 aromatic carbocycles. The molecule has 8 heteroatoms. The lowest BCUT2D eigenvalue weighted by atomic mass is 10.2. The van der Waals surface area contributed by atoms with Gasteiger partial charge in [0.1, 0.15) is 0 Å². The first-order valence-corrected chi connectivity index (χ1v) is 7.93. The van der Waals surface area contributed by atoms with Crippen molar-refractivity contribution < 1.29 is 23.9 Å². The SMILES string of the molecule is COC(=O)c1ccc(Cl)c(NCC(=O)Nc2ccccc2C(=O)OC)c1. The lowest BCUT2D eigenvalue weighted by Crippen LogP contribution is -2.23. The average Bonchev–Trinajstić information content (AvgIpc) is 2.66. The molecular weight excluding hydrogens is 360 g/mol. The van der Waals surface area contributed by atoms with Crippen molar-refractivity contribution in [1.82, 2.24) is 0 Å². The third-order valence-electron chi connectivity index (χ3n) is 3.43. The minimum absolute atomic E-state index is 0.125. The minimum Gasteiger partial charge on any atom is -0.465 e. The predicted molar refractivity (Wildman–Crippen MR) is 97.7 cm³/mol. The number of carbonyl (C=O) groups is 3. The van der Waals surface area contributed by atoms with Gasteiger partial charge in [0.05, 0.1) is 48.3 Å². The Labute approximate surface area is 155 Å². The maximum absolute atomic E-state index is 12.2. The van der Waals surface area contributed by atoms with Gasteiger partial charge in [-0.2, -0.15) is 0 Å². The normalized spacial score (nSPS) is 9.96. The Morgan fingerprint density at radius 2 is 1.65 bits per heavy atom. The van der Waals surface area contributed by atoms with Gasteiger partial charge in [0, 0.05) is 0 Å². The van der Waals surface area contributed by atoms with E-state index in [0.29, 0.717) is 22.0 Å². The van der Waals surface area contributed by atoms with E-state index in [4.69, 9.17) is 11.6 Å². The number of carbonyl (C=O) groups excluding carboxylic acids is 3. The van der Waals surface area contributed by atoms with Crippen molar-refractivity contribution in [2.75, 3.05) is 31.4 Å². The Bertz CT molecular complexity index is 838. The Morgan fingerprint density at radius 1 is 0.962 bits per heavy atom. The molecule has 0 saturated heterocycles. The van der Waals surface area contributed by atoms with Gasteiger partial charge in [0.2, 0.25) is 5.91 Å². The van der Waals surface area contributed by atoms with Crippen molar-refractivity contribution in [1.29, 1.82) is 0 Å². The summed E-state index contributed by atoms with van der Waals surface area (Å²) in [5, 5.41) is 5.82. The molecule has 0 atom stereocenters. The summed E-state index contributed by atoms with van der Waals surface area (Å²) in [5.41, 5.74) is 1.29. The number of methoxy groups -OCH3 is 2. The van der Waals surface area contributed by atoms with Crippen LogP contribution in [0.15, 0.2) is 42.5 Å². The standard InChI is InChI=1S/C18H17ClN2O5/c1-25-17(23)11-7-8-13(19)15(9-11)20-10-16(22)21-14-6-4-3-5-12(14)18(24)26-2/h3-9,20H,10H2,1-2H3,(H,21,22). The highest BCUT2D eigenvalue weighted by Gasteiger charge is 2.14. The van der Waals surface area contributed by atoms with Gasteiger partial charge in [-0.15, -0.1) is 0 Å². The molecule has 0 radical (unpaired) electrons. The van der Waals surface area contributed by atoms with E-state index >= 15 is 0 Å². The number of hydrogen-bond acceptors (Lipinski definition) is 6. The lowest BCUT2D eigenvalue weighted by Gasteiger charge is -2.12. The summed E-state index contributed by atoms with van der Waals surface area (Å²) < 4.78 is 9.33. The molecule has 0 spiro atoms. The number of ether oxygens (including phenoxy) is 2. The molecule has 2 rings (SSSR count). The van der Waals surface area contributed by atoms with Crippen molar-refractivity contribution in [3.63, 3.8) is 0 Å². The summed E-state index contributed by atoms with van der Waals surface area (Å²) in [6.45, 7) is -0.125. The number of anilines is 2. The van der Waals surface area contributed by atoms with Gasteiger partial charge in [0.15, 0.2) is 0 Å². The zero-order valence-electron chi connectivity index (χ0n) is 14.2. The van der Waals surface area contributed by atoms with Crippen LogP contribution in [0.3, 0.4) is 0 Å². The fourth-order valence-electron chi connectivity index (χ4n) is 2.16. The third-order valence-corrected chi connectivity index (χ3v) is 3.76. The average molecular weight is 377 g/mol. The molecule has 0 fully saturated rings. The molecule has 0 bridgehead atoms. The van der Waals surface area contributed by atoms with E-state index in [1.807, 2.05) is 0 Å².